The van der Waals surface area contributed by atoms with E-state index in [9.17, 15) is 14.4 Å². The fraction of sp³-hybridized carbons (Fsp3) is 0.0870. The molecule has 8 nitrogen and oxygen atoms in total. The Morgan fingerprint density at radius 2 is 1.74 bits per heavy atom. The van der Waals surface area contributed by atoms with Gasteiger partial charge in [-0.3, -0.25) is 14.9 Å². The molecule has 154 valence electrons. The molecular formula is C23H16N2O6. The Morgan fingerprint density at radius 1 is 0.968 bits per heavy atom. The number of nitrogens with one attached hydrogen (secondary N) is 1. The number of carbonyl (C=O) groups is 3. The fourth-order valence-corrected chi connectivity index (χ4v) is 3.67. The summed E-state index contributed by atoms with van der Waals surface area (Å²) in [7, 11) is 1.58. The Bertz CT molecular complexity index is 1300. The van der Waals surface area contributed by atoms with Crippen molar-refractivity contribution in [1.82, 2.24) is 5.32 Å². The Morgan fingerprint density at radius 3 is 2.55 bits per heavy atom. The van der Waals surface area contributed by atoms with Crippen LogP contribution in [0.2, 0.25) is 0 Å². The number of imide groups is 2. The highest BCUT2D eigenvalue weighted by Crippen LogP contribution is 2.36. The van der Waals surface area contributed by atoms with Crippen LogP contribution in [0.4, 0.5) is 10.5 Å². The van der Waals surface area contributed by atoms with E-state index in [4.69, 9.17) is 14.2 Å². The molecule has 3 aromatic rings. The second-order valence-electron chi connectivity index (χ2n) is 6.90. The number of ether oxygens (including phenoxy) is 3. The molecule has 0 unspecified atom stereocenters. The van der Waals surface area contributed by atoms with E-state index < -0.39 is 17.8 Å². The van der Waals surface area contributed by atoms with Crippen molar-refractivity contribution in [2.45, 2.75) is 0 Å². The minimum atomic E-state index is -0.828. The quantitative estimate of drug-likeness (QED) is 0.520. The van der Waals surface area contributed by atoms with Crippen molar-refractivity contribution in [3.8, 4) is 17.2 Å². The molecule has 0 bridgehead atoms. The predicted octanol–water partition coefficient (Wildman–Crippen LogP) is 3.24. The molecule has 2 heterocycles. The highest BCUT2D eigenvalue weighted by molar-refractivity contribution is 6.39. The predicted molar refractivity (Wildman–Crippen MR) is 112 cm³/mol. The van der Waals surface area contributed by atoms with E-state index in [1.54, 1.807) is 31.4 Å². The first kappa shape index (κ1) is 18.7. The molecule has 0 aromatic heterocycles. The zero-order valence-electron chi connectivity index (χ0n) is 16.4. The second kappa shape index (κ2) is 7.17. The van der Waals surface area contributed by atoms with Gasteiger partial charge in [-0.15, -0.1) is 0 Å². The number of anilines is 1. The number of hydrogen-bond donors (Lipinski definition) is 1. The van der Waals surface area contributed by atoms with E-state index in [0.29, 0.717) is 22.8 Å². The van der Waals surface area contributed by atoms with Gasteiger partial charge in [0.1, 0.15) is 11.3 Å². The third-order valence-corrected chi connectivity index (χ3v) is 5.15. The summed E-state index contributed by atoms with van der Waals surface area (Å²) in [6.45, 7) is 0.0626. The molecule has 3 aromatic carbocycles. The van der Waals surface area contributed by atoms with Gasteiger partial charge >= 0.3 is 6.03 Å². The first-order chi connectivity index (χ1) is 15.1. The first-order valence-corrected chi connectivity index (χ1v) is 9.43. The van der Waals surface area contributed by atoms with Crippen LogP contribution in [0.5, 0.6) is 17.2 Å². The van der Waals surface area contributed by atoms with E-state index in [-0.39, 0.29) is 18.1 Å². The maximum absolute atomic E-state index is 13.2. The number of carbonyl (C=O) groups excluding carboxylic acids is 3. The van der Waals surface area contributed by atoms with Gasteiger partial charge in [-0.1, -0.05) is 30.3 Å². The Labute approximate surface area is 176 Å². The molecule has 8 heteroatoms. The molecule has 0 saturated carbocycles. The molecule has 2 aliphatic rings. The van der Waals surface area contributed by atoms with Crippen LogP contribution in [0.1, 0.15) is 5.56 Å². The standard InChI is InChI=1S/C23H16N2O6/c1-29-18-8-6-13(15-4-2-3-5-16(15)18)10-17-21(26)24-23(28)25(22(17)27)14-7-9-19-20(11-14)31-12-30-19/h2-11H,12H2,1H3,(H,24,26,28)/b17-10+. The van der Waals surface area contributed by atoms with Crippen LogP contribution >= 0.6 is 0 Å². The van der Waals surface area contributed by atoms with Gasteiger partial charge in [-0.25, -0.2) is 9.69 Å². The van der Waals surface area contributed by atoms with E-state index >= 15 is 0 Å². The second-order valence-corrected chi connectivity index (χ2v) is 6.90. The lowest BCUT2D eigenvalue weighted by atomic mass is 10.00. The molecule has 31 heavy (non-hydrogen) atoms. The van der Waals surface area contributed by atoms with Crippen LogP contribution in [0, 0.1) is 0 Å². The lowest BCUT2D eigenvalue weighted by molar-refractivity contribution is -0.122. The van der Waals surface area contributed by atoms with Gasteiger partial charge in [-0.05, 0) is 35.2 Å². The van der Waals surface area contributed by atoms with Crippen molar-refractivity contribution in [3.63, 3.8) is 0 Å². The van der Waals surface area contributed by atoms with Crippen LogP contribution in [-0.2, 0) is 9.59 Å². The Balaban J connectivity index is 1.59. The van der Waals surface area contributed by atoms with Crippen LogP contribution in [0.25, 0.3) is 16.8 Å². The van der Waals surface area contributed by atoms with E-state index in [0.717, 1.165) is 15.7 Å². The van der Waals surface area contributed by atoms with Crippen molar-refractivity contribution in [2.75, 3.05) is 18.8 Å². The molecule has 1 fully saturated rings. The van der Waals surface area contributed by atoms with Gasteiger partial charge in [0, 0.05) is 11.5 Å². The summed E-state index contributed by atoms with van der Waals surface area (Å²) in [4.78, 5) is 39.1. The fourth-order valence-electron chi connectivity index (χ4n) is 3.67. The van der Waals surface area contributed by atoms with Crippen LogP contribution in [0.15, 0.2) is 60.2 Å². The van der Waals surface area contributed by atoms with Crippen molar-refractivity contribution in [2.24, 2.45) is 0 Å². The summed E-state index contributed by atoms with van der Waals surface area (Å²) < 4.78 is 16.0. The highest BCUT2D eigenvalue weighted by Gasteiger charge is 2.37. The number of urea groups is 1. The van der Waals surface area contributed by atoms with Gasteiger partial charge in [0.05, 0.1) is 12.8 Å². The maximum Gasteiger partial charge on any atom is 0.335 e. The summed E-state index contributed by atoms with van der Waals surface area (Å²) in [5.41, 5.74) is 0.757. The average Bonchev–Trinajstić information content (AvgIpc) is 3.24. The summed E-state index contributed by atoms with van der Waals surface area (Å²) in [5.74, 6) is 0.126. The first-order valence-electron chi connectivity index (χ1n) is 9.43. The number of barbiturate groups is 1. The number of hydrogen-bond acceptors (Lipinski definition) is 6. The molecule has 0 spiro atoms. The SMILES string of the molecule is COc1ccc(/C=C2\C(=O)NC(=O)N(c3ccc4c(c3)OCO4)C2=O)c2ccccc12. The van der Waals surface area contributed by atoms with Crippen molar-refractivity contribution < 1.29 is 28.6 Å². The monoisotopic (exact) mass is 416 g/mol. The number of amides is 4. The largest absolute Gasteiger partial charge is 0.496 e. The van der Waals surface area contributed by atoms with E-state index in [1.165, 1.54) is 12.1 Å². The molecule has 4 amide bonds. The van der Waals surface area contributed by atoms with E-state index in [2.05, 4.69) is 5.32 Å². The summed E-state index contributed by atoms with van der Waals surface area (Å²) in [5, 5.41) is 3.88. The van der Waals surface area contributed by atoms with Crippen molar-refractivity contribution in [1.29, 1.82) is 0 Å². The Kier molecular flexibility index (Phi) is 4.32. The number of fused-ring (bicyclic) bond motifs is 2. The summed E-state index contributed by atoms with van der Waals surface area (Å²) >= 11 is 0. The van der Waals surface area contributed by atoms with Gasteiger partial charge < -0.3 is 14.2 Å². The van der Waals surface area contributed by atoms with Crippen molar-refractivity contribution >= 4 is 40.4 Å². The zero-order chi connectivity index (χ0) is 21.5. The minimum Gasteiger partial charge on any atom is -0.496 e. The number of methoxy groups -OCH3 is 1. The molecule has 0 aliphatic carbocycles. The number of benzene rings is 3. The maximum atomic E-state index is 13.2. The molecule has 1 saturated heterocycles. The molecule has 5 rings (SSSR count). The lowest BCUT2D eigenvalue weighted by Gasteiger charge is -2.26. The smallest absolute Gasteiger partial charge is 0.335 e. The van der Waals surface area contributed by atoms with Crippen LogP contribution in [-0.4, -0.2) is 31.7 Å². The topological polar surface area (TPSA) is 94.2 Å². The summed E-state index contributed by atoms with van der Waals surface area (Å²) in [6.07, 6.45) is 1.48. The van der Waals surface area contributed by atoms with Gasteiger partial charge in [-0.2, -0.15) is 0 Å². The highest BCUT2D eigenvalue weighted by atomic mass is 16.7. The average molecular weight is 416 g/mol. The van der Waals surface area contributed by atoms with Crippen LogP contribution < -0.4 is 24.4 Å². The van der Waals surface area contributed by atoms with Crippen LogP contribution in [0.3, 0.4) is 0 Å². The number of rotatable bonds is 3. The van der Waals surface area contributed by atoms with E-state index in [1.807, 2.05) is 24.3 Å². The molecular weight excluding hydrogens is 400 g/mol. The minimum absolute atomic E-state index is 0.0626. The lowest BCUT2D eigenvalue weighted by Crippen LogP contribution is -2.54. The van der Waals surface area contributed by atoms with Gasteiger partial charge in [0.25, 0.3) is 11.8 Å². The summed E-state index contributed by atoms with van der Waals surface area (Å²) in [6, 6.07) is 14.9. The normalized spacial score (nSPS) is 16.7. The Hall–Kier alpha value is -4.33. The van der Waals surface area contributed by atoms with Gasteiger partial charge in [0.15, 0.2) is 11.5 Å². The molecule has 1 N–H and O–H groups in total. The molecule has 2 aliphatic heterocycles. The third-order valence-electron chi connectivity index (χ3n) is 5.15. The molecule has 0 radical (unpaired) electrons. The zero-order valence-corrected chi connectivity index (χ0v) is 16.4. The van der Waals surface area contributed by atoms with Crippen molar-refractivity contribution in [3.05, 3.63) is 65.7 Å². The number of nitrogens with zero attached hydrogens (tertiary/aromatic N) is 1. The van der Waals surface area contributed by atoms with Gasteiger partial charge in [0.2, 0.25) is 6.79 Å². The third kappa shape index (κ3) is 3.05. The molecule has 0 atom stereocenters.